The second-order valence-corrected chi connectivity index (χ2v) is 5.33. The standard InChI is InChI=1S/C15H18N2O4/c18-14-9-11(15(19)20)10-17(14)13-4-2-1-3-12(13)16-5-7-21-8-6-16/h1-4,11H,5-10H2,(H,19,20). The van der Waals surface area contributed by atoms with E-state index in [1.807, 2.05) is 24.3 Å². The van der Waals surface area contributed by atoms with Gasteiger partial charge in [0.05, 0.1) is 30.5 Å². The zero-order valence-electron chi connectivity index (χ0n) is 11.7. The van der Waals surface area contributed by atoms with E-state index in [1.54, 1.807) is 4.90 Å². The second kappa shape index (κ2) is 5.73. The van der Waals surface area contributed by atoms with Gasteiger partial charge in [-0.1, -0.05) is 12.1 Å². The molecule has 0 bridgehead atoms. The molecule has 6 nitrogen and oxygen atoms in total. The first-order valence-corrected chi connectivity index (χ1v) is 7.11. The first-order chi connectivity index (χ1) is 10.2. The minimum Gasteiger partial charge on any atom is -0.481 e. The Morgan fingerprint density at radius 1 is 1.19 bits per heavy atom. The Balaban J connectivity index is 1.88. The fraction of sp³-hybridized carbons (Fsp3) is 0.467. The van der Waals surface area contributed by atoms with Crippen LogP contribution in [0.15, 0.2) is 24.3 Å². The van der Waals surface area contributed by atoms with Gasteiger partial charge >= 0.3 is 5.97 Å². The van der Waals surface area contributed by atoms with Gasteiger partial charge in [-0.15, -0.1) is 0 Å². The van der Waals surface area contributed by atoms with Gasteiger partial charge in [0, 0.05) is 26.1 Å². The molecule has 1 N–H and O–H groups in total. The summed E-state index contributed by atoms with van der Waals surface area (Å²) in [5.74, 6) is -1.65. The molecule has 0 aliphatic carbocycles. The van der Waals surface area contributed by atoms with Crippen molar-refractivity contribution in [2.45, 2.75) is 6.42 Å². The molecule has 1 atom stereocenters. The van der Waals surface area contributed by atoms with E-state index >= 15 is 0 Å². The lowest BCUT2D eigenvalue weighted by Crippen LogP contribution is -2.38. The molecule has 21 heavy (non-hydrogen) atoms. The number of hydrogen-bond donors (Lipinski definition) is 1. The van der Waals surface area contributed by atoms with Crippen LogP contribution >= 0.6 is 0 Å². The zero-order chi connectivity index (χ0) is 14.8. The minimum absolute atomic E-state index is 0.0762. The Labute approximate surface area is 122 Å². The summed E-state index contributed by atoms with van der Waals surface area (Å²) in [5, 5.41) is 9.11. The van der Waals surface area contributed by atoms with Crippen LogP contribution in [0.1, 0.15) is 6.42 Å². The van der Waals surface area contributed by atoms with Crippen LogP contribution in [0.4, 0.5) is 11.4 Å². The minimum atomic E-state index is -0.908. The summed E-state index contributed by atoms with van der Waals surface area (Å²) in [6, 6.07) is 7.67. The fourth-order valence-electron chi connectivity index (χ4n) is 2.87. The monoisotopic (exact) mass is 290 g/mol. The quantitative estimate of drug-likeness (QED) is 0.898. The van der Waals surface area contributed by atoms with Crippen LogP contribution in [-0.2, 0) is 14.3 Å². The van der Waals surface area contributed by atoms with Crippen molar-refractivity contribution in [1.29, 1.82) is 0 Å². The van der Waals surface area contributed by atoms with Crippen molar-refractivity contribution >= 4 is 23.3 Å². The van der Waals surface area contributed by atoms with Gasteiger partial charge in [0.1, 0.15) is 0 Å². The predicted molar refractivity (Wildman–Crippen MR) is 77.6 cm³/mol. The summed E-state index contributed by atoms with van der Waals surface area (Å²) in [5.41, 5.74) is 1.77. The lowest BCUT2D eigenvalue weighted by atomic mass is 10.1. The number of carbonyl (C=O) groups excluding carboxylic acids is 1. The van der Waals surface area contributed by atoms with Gasteiger partial charge in [-0.3, -0.25) is 9.59 Å². The van der Waals surface area contributed by atoms with E-state index < -0.39 is 11.9 Å². The lowest BCUT2D eigenvalue weighted by Gasteiger charge is -2.32. The van der Waals surface area contributed by atoms with Crippen LogP contribution in [0.3, 0.4) is 0 Å². The Morgan fingerprint density at radius 2 is 1.86 bits per heavy atom. The number of para-hydroxylation sites is 2. The molecular formula is C15H18N2O4. The van der Waals surface area contributed by atoms with Crippen molar-refractivity contribution in [2.24, 2.45) is 5.92 Å². The molecule has 0 spiro atoms. The van der Waals surface area contributed by atoms with Crippen molar-refractivity contribution in [3.63, 3.8) is 0 Å². The van der Waals surface area contributed by atoms with Gasteiger partial charge in [0.25, 0.3) is 0 Å². The molecule has 0 saturated carbocycles. The van der Waals surface area contributed by atoms with E-state index in [2.05, 4.69) is 4.90 Å². The first-order valence-electron chi connectivity index (χ1n) is 7.11. The summed E-state index contributed by atoms with van der Waals surface area (Å²) in [7, 11) is 0. The van der Waals surface area contributed by atoms with Gasteiger partial charge in [0.2, 0.25) is 5.91 Å². The number of hydrogen-bond acceptors (Lipinski definition) is 4. The SMILES string of the molecule is O=C(O)C1CC(=O)N(c2ccccc2N2CCOCC2)C1. The van der Waals surface area contributed by atoms with E-state index in [9.17, 15) is 9.59 Å². The van der Waals surface area contributed by atoms with Crippen LogP contribution in [0.5, 0.6) is 0 Å². The molecule has 2 saturated heterocycles. The van der Waals surface area contributed by atoms with Crippen molar-refractivity contribution in [3.05, 3.63) is 24.3 Å². The van der Waals surface area contributed by atoms with E-state index in [0.29, 0.717) is 13.2 Å². The first kappa shape index (κ1) is 13.9. The zero-order valence-corrected chi connectivity index (χ0v) is 11.7. The molecule has 1 unspecified atom stereocenters. The van der Waals surface area contributed by atoms with Crippen LogP contribution in [0, 0.1) is 5.92 Å². The van der Waals surface area contributed by atoms with E-state index in [-0.39, 0.29) is 18.9 Å². The number of amides is 1. The highest BCUT2D eigenvalue weighted by Gasteiger charge is 2.36. The van der Waals surface area contributed by atoms with E-state index in [4.69, 9.17) is 9.84 Å². The highest BCUT2D eigenvalue weighted by atomic mass is 16.5. The fourth-order valence-corrected chi connectivity index (χ4v) is 2.87. The average Bonchev–Trinajstić information content (AvgIpc) is 2.90. The molecule has 1 amide bonds. The number of aliphatic carboxylic acids is 1. The smallest absolute Gasteiger partial charge is 0.308 e. The Morgan fingerprint density at radius 3 is 2.48 bits per heavy atom. The lowest BCUT2D eigenvalue weighted by molar-refractivity contribution is -0.141. The number of carboxylic acids is 1. The summed E-state index contributed by atoms with van der Waals surface area (Å²) >= 11 is 0. The maximum atomic E-state index is 12.1. The van der Waals surface area contributed by atoms with E-state index in [1.165, 1.54) is 0 Å². The predicted octanol–water partition coefficient (Wildman–Crippen LogP) is 0.961. The molecule has 0 aromatic heterocycles. The number of rotatable bonds is 3. The molecular weight excluding hydrogens is 272 g/mol. The number of ether oxygens (including phenoxy) is 1. The number of carboxylic acid groups (broad SMARTS) is 1. The van der Waals surface area contributed by atoms with Gasteiger partial charge < -0.3 is 19.6 Å². The summed E-state index contributed by atoms with van der Waals surface area (Å²) in [6.07, 6.45) is 0.0762. The van der Waals surface area contributed by atoms with Crippen molar-refractivity contribution in [2.75, 3.05) is 42.6 Å². The highest BCUT2D eigenvalue weighted by molar-refractivity contribution is 6.01. The molecule has 0 radical (unpaired) electrons. The number of nitrogens with zero attached hydrogens (tertiary/aromatic N) is 2. The van der Waals surface area contributed by atoms with Crippen molar-refractivity contribution in [1.82, 2.24) is 0 Å². The molecule has 3 rings (SSSR count). The maximum Gasteiger partial charge on any atom is 0.308 e. The van der Waals surface area contributed by atoms with E-state index in [0.717, 1.165) is 24.5 Å². The van der Waals surface area contributed by atoms with Crippen LogP contribution < -0.4 is 9.80 Å². The topological polar surface area (TPSA) is 70.1 Å². The molecule has 2 aliphatic rings. The molecule has 1 aromatic carbocycles. The number of morpholine rings is 1. The van der Waals surface area contributed by atoms with Gasteiger partial charge in [0.15, 0.2) is 0 Å². The third-order valence-corrected chi connectivity index (χ3v) is 4.00. The van der Waals surface area contributed by atoms with Gasteiger partial charge in [-0.05, 0) is 12.1 Å². The summed E-state index contributed by atoms with van der Waals surface area (Å²) < 4.78 is 5.36. The summed E-state index contributed by atoms with van der Waals surface area (Å²) in [4.78, 5) is 27.0. The van der Waals surface area contributed by atoms with Crippen LogP contribution in [0.25, 0.3) is 0 Å². The Hall–Kier alpha value is -2.08. The van der Waals surface area contributed by atoms with Crippen molar-refractivity contribution in [3.8, 4) is 0 Å². The van der Waals surface area contributed by atoms with Crippen LogP contribution in [0.2, 0.25) is 0 Å². The normalized spacial score (nSPS) is 22.7. The molecule has 1 aromatic rings. The van der Waals surface area contributed by atoms with Gasteiger partial charge in [-0.25, -0.2) is 0 Å². The molecule has 6 heteroatoms. The third kappa shape index (κ3) is 2.71. The highest BCUT2D eigenvalue weighted by Crippen LogP contribution is 2.34. The molecule has 2 fully saturated rings. The molecule has 2 heterocycles. The Kier molecular flexibility index (Phi) is 3.79. The van der Waals surface area contributed by atoms with Crippen molar-refractivity contribution < 1.29 is 19.4 Å². The van der Waals surface area contributed by atoms with Gasteiger partial charge in [-0.2, -0.15) is 0 Å². The maximum absolute atomic E-state index is 12.1. The Bertz CT molecular complexity index is 554. The molecule has 112 valence electrons. The third-order valence-electron chi connectivity index (χ3n) is 4.00. The number of benzene rings is 1. The second-order valence-electron chi connectivity index (χ2n) is 5.33. The average molecular weight is 290 g/mol. The summed E-state index contributed by atoms with van der Waals surface area (Å²) in [6.45, 7) is 3.14. The number of anilines is 2. The molecule has 2 aliphatic heterocycles. The largest absolute Gasteiger partial charge is 0.481 e. The number of carbonyl (C=O) groups is 2. The van der Waals surface area contributed by atoms with Crippen LogP contribution in [-0.4, -0.2) is 49.8 Å².